The number of benzene rings is 1. The molecule has 2 aromatic rings. The van der Waals surface area contributed by atoms with Gasteiger partial charge in [0, 0.05) is 11.6 Å². The van der Waals surface area contributed by atoms with Crippen LogP contribution < -0.4 is 4.74 Å². The Morgan fingerprint density at radius 3 is 2.92 bits per heavy atom. The summed E-state index contributed by atoms with van der Waals surface area (Å²) in [5.41, 5.74) is 0.897. The number of ether oxygens (including phenoxy) is 1. The fourth-order valence-corrected chi connectivity index (χ4v) is 1.30. The summed E-state index contributed by atoms with van der Waals surface area (Å²) in [6, 6.07) is 9.79. The molecule has 1 radical (unpaired) electrons. The number of pyridine rings is 1. The molecule has 0 spiro atoms. The molecule has 1 heterocycles. The average molecular weight is 172 g/mol. The highest BCUT2D eigenvalue weighted by Crippen LogP contribution is 2.22. The van der Waals surface area contributed by atoms with Crippen LogP contribution in [0.3, 0.4) is 0 Å². The number of nitrogens with zero attached hydrogens (tertiary/aromatic N) is 1. The number of hydrogen-bond donors (Lipinski definition) is 0. The lowest BCUT2D eigenvalue weighted by Crippen LogP contribution is -1.93. The highest BCUT2D eigenvalue weighted by atomic mass is 16.5. The van der Waals surface area contributed by atoms with Crippen molar-refractivity contribution in [2.24, 2.45) is 0 Å². The van der Waals surface area contributed by atoms with Gasteiger partial charge in [-0.05, 0) is 19.1 Å². The predicted molar refractivity (Wildman–Crippen MR) is 52.6 cm³/mol. The third-order valence-corrected chi connectivity index (χ3v) is 1.85. The smallest absolute Gasteiger partial charge is 0.145 e. The Morgan fingerprint density at radius 2 is 2.08 bits per heavy atom. The van der Waals surface area contributed by atoms with Crippen LogP contribution in [0.15, 0.2) is 36.5 Å². The summed E-state index contributed by atoms with van der Waals surface area (Å²) in [6.07, 6.45) is 1.76. The van der Waals surface area contributed by atoms with Gasteiger partial charge in [0.2, 0.25) is 0 Å². The molecule has 0 amide bonds. The first kappa shape index (κ1) is 8.05. The van der Waals surface area contributed by atoms with Crippen molar-refractivity contribution in [1.82, 2.24) is 4.98 Å². The summed E-state index contributed by atoms with van der Waals surface area (Å²) in [5.74, 6) is 0.799. The summed E-state index contributed by atoms with van der Waals surface area (Å²) < 4.78 is 5.35. The van der Waals surface area contributed by atoms with E-state index in [4.69, 9.17) is 4.74 Å². The SMILES string of the molecule is [CH2]COc1cccc2cccnc12. The fourth-order valence-electron chi connectivity index (χ4n) is 1.30. The second-order valence-corrected chi connectivity index (χ2v) is 2.68. The number of aromatic nitrogens is 1. The minimum Gasteiger partial charge on any atom is -0.491 e. The Balaban J connectivity index is 2.61. The molecule has 0 N–H and O–H groups in total. The summed E-state index contributed by atoms with van der Waals surface area (Å²) in [7, 11) is 0. The Hall–Kier alpha value is -1.57. The van der Waals surface area contributed by atoms with Gasteiger partial charge in [-0.25, -0.2) is 0 Å². The van der Waals surface area contributed by atoms with Crippen LogP contribution in [-0.2, 0) is 0 Å². The third-order valence-electron chi connectivity index (χ3n) is 1.85. The second kappa shape index (κ2) is 3.44. The van der Waals surface area contributed by atoms with Gasteiger partial charge in [-0.1, -0.05) is 18.2 Å². The van der Waals surface area contributed by atoms with Gasteiger partial charge in [-0.2, -0.15) is 0 Å². The molecule has 0 saturated carbocycles. The molecular formula is C11H10NO. The summed E-state index contributed by atoms with van der Waals surface area (Å²) >= 11 is 0. The van der Waals surface area contributed by atoms with Crippen molar-refractivity contribution < 1.29 is 4.74 Å². The van der Waals surface area contributed by atoms with Crippen LogP contribution in [0.1, 0.15) is 0 Å². The van der Waals surface area contributed by atoms with Gasteiger partial charge in [0.25, 0.3) is 0 Å². The van der Waals surface area contributed by atoms with Crippen molar-refractivity contribution in [2.75, 3.05) is 6.61 Å². The number of rotatable bonds is 2. The van der Waals surface area contributed by atoms with E-state index in [0.29, 0.717) is 6.61 Å². The lowest BCUT2D eigenvalue weighted by molar-refractivity contribution is 0.364. The molecule has 2 heteroatoms. The van der Waals surface area contributed by atoms with Gasteiger partial charge in [-0.3, -0.25) is 4.98 Å². The molecule has 0 aliphatic heterocycles. The number of fused-ring (bicyclic) bond motifs is 1. The molecule has 2 rings (SSSR count). The quantitative estimate of drug-likeness (QED) is 0.694. The maximum atomic E-state index is 5.35. The molecule has 13 heavy (non-hydrogen) atoms. The van der Waals surface area contributed by atoms with E-state index in [0.717, 1.165) is 16.7 Å². The highest BCUT2D eigenvalue weighted by Gasteiger charge is 2.00. The zero-order chi connectivity index (χ0) is 9.10. The van der Waals surface area contributed by atoms with Gasteiger partial charge in [0.1, 0.15) is 11.3 Å². The van der Waals surface area contributed by atoms with Crippen molar-refractivity contribution in [3.63, 3.8) is 0 Å². The molecule has 0 bridgehead atoms. The van der Waals surface area contributed by atoms with E-state index in [1.165, 1.54) is 0 Å². The van der Waals surface area contributed by atoms with E-state index in [2.05, 4.69) is 11.9 Å². The summed E-state index contributed by atoms with van der Waals surface area (Å²) in [6.45, 7) is 4.06. The molecule has 0 aliphatic carbocycles. The Kier molecular flexibility index (Phi) is 2.13. The largest absolute Gasteiger partial charge is 0.491 e. The van der Waals surface area contributed by atoms with Gasteiger partial charge in [0.05, 0.1) is 6.61 Å². The summed E-state index contributed by atoms with van der Waals surface area (Å²) in [5, 5.41) is 1.09. The molecule has 0 atom stereocenters. The van der Waals surface area contributed by atoms with Crippen LogP contribution in [0.5, 0.6) is 5.75 Å². The lowest BCUT2D eigenvalue weighted by Gasteiger charge is -2.05. The first-order valence-corrected chi connectivity index (χ1v) is 4.17. The van der Waals surface area contributed by atoms with E-state index in [9.17, 15) is 0 Å². The molecule has 0 unspecified atom stereocenters. The van der Waals surface area contributed by atoms with Crippen LogP contribution in [0.2, 0.25) is 0 Å². The first-order chi connectivity index (χ1) is 6.42. The van der Waals surface area contributed by atoms with E-state index < -0.39 is 0 Å². The van der Waals surface area contributed by atoms with Crippen molar-refractivity contribution in [3.05, 3.63) is 43.5 Å². The van der Waals surface area contributed by atoms with Crippen molar-refractivity contribution in [3.8, 4) is 5.75 Å². The lowest BCUT2D eigenvalue weighted by atomic mass is 10.2. The molecule has 65 valence electrons. The first-order valence-electron chi connectivity index (χ1n) is 4.17. The Labute approximate surface area is 77.2 Å². The maximum absolute atomic E-state index is 5.35. The van der Waals surface area contributed by atoms with E-state index in [1.807, 2.05) is 30.3 Å². The predicted octanol–water partition coefficient (Wildman–Crippen LogP) is 2.45. The molecule has 0 saturated heterocycles. The minimum atomic E-state index is 0.426. The van der Waals surface area contributed by atoms with Crippen LogP contribution in [0, 0.1) is 6.92 Å². The van der Waals surface area contributed by atoms with Crippen LogP contribution in [0.25, 0.3) is 10.9 Å². The minimum absolute atomic E-state index is 0.426. The van der Waals surface area contributed by atoms with Crippen molar-refractivity contribution in [1.29, 1.82) is 0 Å². The topological polar surface area (TPSA) is 22.1 Å². The van der Waals surface area contributed by atoms with E-state index in [-0.39, 0.29) is 0 Å². The molecule has 0 aliphatic rings. The van der Waals surface area contributed by atoms with Crippen LogP contribution in [-0.4, -0.2) is 11.6 Å². The normalized spacial score (nSPS) is 10.2. The maximum Gasteiger partial charge on any atom is 0.145 e. The standard InChI is InChI=1S/C11H10NO/c1-2-13-10-7-3-5-9-6-4-8-12-11(9)10/h3-8H,1-2H2. The molecule has 2 nitrogen and oxygen atoms in total. The monoisotopic (exact) mass is 172 g/mol. The van der Waals surface area contributed by atoms with Crippen molar-refractivity contribution >= 4 is 10.9 Å². The van der Waals surface area contributed by atoms with Crippen LogP contribution in [0.4, 0.5) is 0 Å². The molecule has 0 fully saturated rings. The number of hydrogen-bond acceptors (Lipinski definition) is 2. The molecule has 1 aromatic carbocycles. The van der Waals surface area contributed by atoms with E-state index >= 15 is 0 Å². The molecular weight excluding hydrogens is 162 g/mol. The fraction of sp³-hybridized carbons (Fsp3) is 0.0909. The molecule has 1 aromatic heterocycles. The third kappa shape index (κ3) is 1.47. The van der Waals surface area contributed by atoms with Gasteiger partial charge in [-0.15, -0.1) is 0 Å². The van der Waals surface area contributed by atoms with Gasteiger partial charge in [0.15, 0.2) is 0 Å². The number of para-hydroxylation sites is 1. The van der Waals surface area contributed by atoms with Gasteiger partial charge >= 0.3 is 0 Å². The second-order valence-electron chi connectivity index (χ2n) is 2.68. The van der Waals surface area contributed by atoms with Crippen molar-refractivity contribution in [2.45, 2.75) is 0 Å². The van der Waals surface area contributed by atoms with Crippen LogP contribution >= 0.6 is 0 Å². The highest BCUT2D eigenvalue weighted by molar-refractivity contribution is 5.84. The van der Waals surface area contributed by atoms with Gasteiger partial charge < -0.3 is 4.74 Å². The summed E-state index contributed by atoms with van der Waals surface area (Å²) in [4.78, 5) is 4.25. The Morgan fingerprint density at radius 1 is 1.23 bits per heavy atom. The average Bonchev–Trinajstić information content (AvgIpc) is 2.19. The zero-order valence-electron chi connectivity index (χ0n) is 7.23. The Bertz CT molecular complexity index is 406. The zero-order valence-corrected chi connectivity index (χ0v) is 7.23. The van der Waals surface area contributed by atoms with E-state index in [1.54, 1.807) is 6.20 Å².